The summed E-state index contributed by atoms with van der Waals surface area (Å²) in [7, 11) is 0. The van der Waals surface area contributed by atoms with Crippen molar-refractivity contribution in [3.05, 3.63) is 69.7 Å². The van der Waals surface area contributed by atoms with Gasteiger partial charge in [0.15, 0.2) is 0 Å². The average Bonchev–Trinajstić information content (AvgIpc) is 2.39. The maximum Gasteiger partial charge on any atom is 0.127 e. The Bertz CT molecular complexity index is 480. The van der Waals surface area contributed by atoms with E-state index in [0.717, 1.165) is 0 Å². The van der Waals surface area contributed by atoms with E-state index >= 15 is 0 Å². The number of aliphatic hydroxyl groups is 1. The minimum absolute atomic E-state index is 0. The summed E-state index contributed by atoms with van der Waals surface area (Å²) in [4.78, 5) is 0. The van der Waals surface area contributed by atoms with Crippen LogP contribution in [0.4, 0.5) is 0 Å². The Kier molecular flexibility index (Phi) is 5.65. The van der Waals surface area contributed by atoms with Crippen molar-refractivity contribution in [2.45, 2.75) is 5.60 Å². The van der Waals surface area contributed by atoms with Gasteiger partial charge in [0, 0.05) is 16.6 Å². The quantitative estimate of drug-likeness (QED) is 0.908. The number of hydrogen-bond donors (Lipinski definition) is 2. The Balaban J connectivity index is 0.00000180. The molecule has 0 unspecified atom stereocenters. The van der Waals surface area contributed by atoms with E-state index in [1.165, 1.54) is 0 Å². The van der Waals surface area contributed by atoms with Crippen LogP contribution in [0.3, 0.4) is 0 Å². The zero-order valence-corrected chi connectivity index (χ0v) is 12.3. The second-order valence-corrected chi connectivity index (χ2v) is 4.95. The third-order valence-electron chi connectivity index (χ3n) is 2.94. The first-order valence-corrected chi connectivity index (χ1v) is 6.26. The molecule has 0 saturated heterocycles. The zero-order valence-electron chi connectivity index (χ0n) is 10.0. The van der Waals surface area contributed by atoms with Gasteiger partial charge in [-0.15, -0.1) is 12.4 Å². The van der Waals surface area contributed by atoms with Gasteiger partial charge in [-0.3, -0.25) is 0 Å². The zero-order chi connectivity index (χ0) is 13.2. The minimum Gasteiger partial charge on any atom is -0.379 e. The Labute approximate surface area is 128 Å². The van der Waals surface area contributed by atoms with Crippen LogP contribution in [0, 0.1) is 0 Å². The van der Waals surface area contributed by atoms with Crippen LogP contribution in [0.15, 0.2) is 48.5 Å². The van der Waals surface area contributed by atoms with Crippen LogP contribution in [0.5, 0.6) is 0 Å². The lowest BCUT2D eigenvalue weighted by molar-refractivity contribution is 0.0902. The Morgan fingerprint density at radius 2 is 1.16 bits per heavy atom. The third kappa shape index (κ3) is 3.41. The van der Waals surface area contributed by atoms with E-state index in [0.29, 0.717) is 21.2 Å². The number of nitrogens with two attached hydrogens (primary N) is 1. The van der Waals surface area contributed by atoms with Crippen molar-refractivity contribution in [1.82, 2.24) is 0 Å². The van der Waals surface area contributed by atoms with Crippen molar-refractivity contribution < 1.29 is 5.11 Å². The van der Waals surface area contributed by atoms with Crippen molar-refractivity contribution in [1.29, 1.82) is 0 Å². The molecule has 0 aliphatic carbocycles. The summed E-state index contributed by atoms with van der Waals surface area (Å²) in [6, 6.07) is 14.0. The van der Waals surface area contributed by atoms with Gasteiger partial charge < -0.3 is 10.8 Å². The summed E-state index contributed by atoms with van der Waals surface area (Å²) in [6.45, 7) is 0.0796. The molecule has 0 aromatic heterocycles. The first kappa shape index (κ1) is 16.3. The molecule has 3 N–H and O–H groups in total. The highest BCUT2D eigenvalue weighted by Gasteiger charge is 2.29. The van der Waals surface area contributed by atoms with E-state index in [-0.39, 0.29) is 19.0 Å². The Hall–Kier alpha value is -0.770. The molecule has 2 aromatic rings. The molecule has 5 heteroatoms. The van der Waals surface area contributed by atoms with Gasteiger partial charge in [0.25, 0.3) is 0 Å². The molecule has 0 fully saturated rings. The summed E-state index contributed by atoms with van der Waals surface area (Å²) in [5.74, 6) is 0. The molecule has 102 valence electrons. The smallest absolute Gasteiger partial charge is 0.127 e. The molecule has 2 aromatic carbocycles. The molecular weight excluding hydrogens is 305 g/mol. The van der Waals surface area contributed by atoms with E-state index in [1.807, 2.05) is 0 Å². The SMILES string of the molecule is Cl.NCC(O)(c1ccc(Cl)cc1)c1ccc(Cl)cc1. The van der Waals surface area contributed by atoms with E-state index in [2.05, 4.69) is 0 Å². The number of hydrogen-bond acceptors (Lipinski definition) is 2. The van der Waals surface area contributed by atoms with Crippen LogP contribution >= 0.6 is 35.6 Å². The highest BCUT2D eigenvalue weighted by atomic mass is 35.5. The monoisotopic (exact) mass is 317 g/mol. The van der Waals surface area contributed by atoms with Gasteiger partial charge in [-0.2, -0.15) is 0 Å². The van der Waals surface area contributed by atoms with Gasteiger partial charge in [-0.1, -0.05) is 47.5 Å². The summed E-state index contributed by atoms with van der Waals surface area (Å²) < 4.78 is 0. The molecule has 2 nitrogen and oxygen atoms in total. The Morgan fingerprint density at radius 1 is 0.842 bits per heavy atom. The third-order valence-corrected chi connectivity index (χ3v) is 3.44. The lowest BCUT2D eigenvalue weighted by Crippen LogP contribution is -2.36. The summed E-state index contributed by atoms with van der Waals surface area (Å²) in [5, 5.41) is 12.0. The predicted octanol–water partition coefficient (Wildman–Crippen LogP) is 3.61. The molecule has 0 spiro atoms. The van der Waals surface area contributed by atoms with Crippen LogP contribution in [0.25, 0.3) is 0 Å². The van der Waals surface area contributed by atoms with Crippen molar-refractivity contribution >= 4 is 35.6 Å². The Morgan fingerprint density at radius 3 is 1.42 bits per heavy atom. The van der Waals surface area contributed by atoms with Gasteiger partial charge in [0.05, 0.1) is 0 Å². The number of halogens is 3. The molecule has 0 amide bonds. The normalized spacial score (nSPS) is 10.9. The van der Waals surface area contributed by atoms with Crippen LogP contribution in [0.1, 0.15) is 11.1 Å². The van der Waals surface area contributed by atoms with Crippen LogP contribution in [-0.4, -0.2) is 11.7 Å². The second-order valence-electron chi connectivity index (χ2n) is 4.08. The van der Waals surface area contributed by atoms with Gasteiger partial charge in [-0.05, 0) is 35.4 Å². The van der Waals surface area contributed by atoms with Crippen LogP contribution in [0.2, 0.25) is 10.0 Å². The fourth-order valence-electron chi connectivity index (χ4n) is 1.85. The molecular formula is C14H14Cl3NO. The lowest BCUT2D eigenvalue weighted by atomic mass is 9.86. The van der Waals surface area contributed by atoms with E-state index < -0.39 is 5.60 Å². The highest BCUT2D eigenvalue weighted by Crippen LogP contribution is 2.30. The standard InChI is InChI=1S/C14H13Cl2NO.ClH/c15-12-5-1-10(2-6-12)14(18,9-17)11-3-7-13(16)8-4-11;/h1-8,18H,9,17H2;1H. The van der Waals surface area contributed by atoms with E-state index in [1.54, 1.807) is 48.5 Å². The molecule has 0 atom stereocenters. The van der Waals surface area contributed by atoms with E-state index in [4.69, 9.17) is 28.9 Å². The predicted molar refractivity (Wildman–Crippen MR) is 82.2 cm³/mol. The molecule has 19 heavy (non-hydrogen) atoms. The minimum atomic E-state index is -1.23. The van der Waals surface area contributed by atoms with Gasteiger partial charge in [0.1, 0.15) is 5.60 Å². The molecule has 0 heterocycles. The maximum absolute atomic E-state index is 10.7. The number of rotatable bonds is 3. The molecule has 2 rings (SSSR count). The van der Waals surface area contributed by atoms with Crippen molar-refractivity contribution in [2.75, 3.05) is 6.54 Å². The maximum atomic E-state index is 10.7. The first-order chi connectivity index (χ1) is 8.56. The van der Waals surface area contributed by atoms with Gasteiger partial charge in [-0.25, -0.2) is 0 Å². The lowest BCUT2D eigenvalue weighted by Gasteiger charge is -2.27. The summed E-state index contributed by atoms with van der Waals surface area (Å²) in [6.07, 6.45) is 0. The van der Waals surface area contributed by atoms with Gasteiger partial charge >= 0.3 is 0 Å². The van der Waals surface area contributed by atoms with E-state index in [9.17, 15) is 5.11 Å². The molecule has 0 aliphatic rings. The first-order valence-electron chi connectivity index (χ1n) is 5.51. The van der Waals surface area contributed by atoms with Crippen molar-refractivity contribution in [2.24, 2.45) is 5.73 Å². The van der Waals surface area contributed by atoms with Crippen molar-refractivity contribution in [3.63, 3.8) is 0 Å². The van der Waals surface area contributed by atoms with Gasteiger partial charge in [0.2, 0.25) is 0 Å². The largest absolute Gasteiger partial charge is 0.379 e. The summed E-state index contributed by atoms with van der Waals surface area (Å²) in [5.41, 5.74) is 5.91. The molecule has 0 saturated carbocycles. The molecule has 0 aliphatic heterocycles. The number of benzene rings is 2. The topological polar surface area (TPSA) is 46.2 Å². The van der Waals surface area contributed by atoms with Crippen molar-refractivity contribution in [3.8, 4) is 0 Å². The second kappa shape index (κ2) is 6.60. The highest BCUT2D eigenvalue weighted by molar-refractivity contribution is 6.30. The fourth-order valence-corrected chi connectivity index (χ4v) is 2.11. The summed E-state index contributed by atoms with van der Waals surface area (Å²) >= 11 is 11.7. The fraction of sp³-hybridized carbons (Fsp3) is 0.143. The average molecular weight is 319 g/mol. The van der Waals surface area contributed by atoms with Crippen LogP contribution in [-0.2, 0) is 5.60 Å². The van der Waals surface area contributed by atoms with Crippen LogP contribution < -0.4 is 5.73 Å². The molecule has 0 radical (unpaired) electrons. The molecule has 0 bridgehead atoms.